The van der Waals surface area contributed by atoms with E-state index >= 15 is 0 Å². The lowest BCUT2D eigenvalue weighted by atomic mass is 10.00. The molecule has 0 saturated carbocycles. The quantitative estimate of drug-likeness (QED) is 0.566. The highest BCUT2D eigenvalue weighted by Crippen LogP contribution is 2.44. The van der Waals surface area contributed by atoms with Crippen LogP contribution in [0.1, 0.15) is 41.2 Å². The number of ether oxygens (including phenoxy) is 1. The number of hydrogen-bond acceptors (Lipinski definition) is 5. The summed E-state index contributed by atoms with van der Waals surface area (Å²) in [6.45, 7) is 4.10. The van der Waals surface area contributed by atoms with E-state index in [1.54, 1.807) is 4.90 Å². The van der Waals surface area contributed by atoms with E-state index in [1.165, 1.54) is 0 Å². The SMILES string of the molecule is Cc1ccc2c(c1)N(C1CCN(CC(=O)Nc3ccc4c(c3)-c3ccccc3C4O)CC1)C(=O)OC2. The minimum Gasteiger partial charge on any atom is -0.444 e. The van der Waals surface area contributed by atoms with Crippen molar-refractivity contribution >= 4 is 23.4 Å². The second kappa shape index (κ2) is 9.08. The number of nitrogens with one attached hydrogen (secondary N) is 1. The normalized spacial score (nSPS) is 19.3. The Morgan fingerprint density at radius 3 is 2.64 bits per heavy atom. The summed E-state index contributed by atoms with van der Waals surface area (Å²) in [6, 6.07) is 19.7. The lowest BCUT2D eigenvalue weighted by Crippen LogP contribution is -2.50. The number of aliphatic hydroxyl groups excluding tert-OH is 1. The fraction of sp³-hybridized carbons (Fsp3) is 0.310. The molecule has 1 aliphatic carbocycles. The first-order chi connectivity index (χ1) is 17.5. The van der Waals surface area contributed by atoms with Gasteiger partial charge in [0.25, 0.3) is 0 Å². The molecule has 2 amide bonds. The first-order valence-corrected chi connectivity index (χ1v) is 12.5. The van der Waals surface area contributed by atoms with Crippen molar-refractivity contribution in [3.05, 3.63) is 82.9 Å². The lowest BCUT2D eigenvalue weighted by Gasteiger charge is -2.40. The molecule has 2 aliphatic heterocycles. The molecule has 3 aromatic rings. The molecule has 1 saturated heterocycles. The predicted molar refractivity (Wildman–Crippen MR) is 138 cm³/mol. The first kappa shape index (κ1) is 22.8. The number of nitrogens with zero attached hydrogens (tertiary/aromatic N) is 2. The molecule has 7 heteroatoms. The highest BCUT2D eigenvalue weighted by molar-refractivity contribution is 5.94. The van der Waals surface area contributed by atoms with Crippen molar-refractivity contribution in [3.8, 4) is 11.1 Å². The number of anilines is 2. The number of carbonyl (C=O) groups is 2. The van der Waals surface area contributed by atoms with Gasteiger partial charge < -0.3 is 15.2 Å². The Kier molecular flexibility index (Phi) is 5.74. The molecule has 2 heterocycles. The Balaban J connectivity index is 1.08. The summed E-state index contributed by atoms with van der Waals surface area (Å²) in [5.41, 5.74) is 7.55. The van der Waals surface area contributed by atoms with E-state index in [1.807, 2.05) is 61.5 Å². The summed E-state index contributed by atoms with van der Waals surface area (Å²) in [4.78, 5) is 29.4. The third kappa shape index (κ3) is 4.04. The number of cyclic esters (lactones) is 1. The van der Waals surface area contributed by atoms with E-state index < -0.39 is 6.10 Å². The Morgan fingerprint density at radius 2 is 1.81 bits per heavy atom. The summed E-state index contributed by atoms with van der Waals surface area (Å²) < 4.78 is 5.42. The Hall–Kier alpha value is -3.68. The van der Waals surface area contributed by atoms with Crippen molar-refractivity contribution in [2.75, 3.05) is 29.9 Å². The van der Waals surface area contributed by atoms with E-state index in [0.29, 0.717) is 13.2 Å². The predicted octanol–water partition coefficient (Wildman–Crippen LogP) is 4.62. The number of likely N-dealkylation sites (tertiary alicyclic amines) is 1. The second-order valence-corrected chi connectivity index (χ2v) is 9.90. The van der Waals surface area contributed by atoms with E-state index in [2.05, 4.69) is 16.3 Å². The number of aryl methyl sites for hydroxylation is 1. The van der Waals surface area contributed by atoms with Crippen LogP contribution in [0, 0.1) is 6.92 Å². The smallest absolute Gasteiger partial charge is 0.414 e. The van der Waals surface area contributed by atoms with Crippen molar-refractivity contribution < 1.29 is 19.4 Å². The molecule has 0 radical (unpaired) electrons. The lowest BCUT2D eigenvalue weighted by molar-refractivity contribution is -0.117. The summed E-state index contributed by atoms with van der Waals surface area (Å²) >= 11 is 0. The van der Waals surface area contributed by atoms with Crippen LogP contribution in [-0.2, 0) is 16.1 Å². The van der Waals surface area contributed by atoms with Gasteiger partial charge in [0.1, 0.15) is 12.7 Å². The molecule has 184 valence electrons. The molecule has 3 aliphatic rings. The van der Waals surface area contributed by atoms with E-state index in [4.69, 9.17) is 4.74 Å². The van der Waals surface area contributed by atoms with Crippen LogP contribution >= 0.6 is 0 Å². The van der Waals surface area contributed by atoms with Crippen LogP contribution in [-0.4, -0.2) is 47.7 Å². The van der Waals surface area contributed by atoms with Crippen LogP contribution in [0.25, 0.3) is 11.1 Å². The topological polar surface area (TPSA) is 82.1 Å². The van der Waals surface area contributed by atoms with Crippen molar-refractivity contribution in [3.63, 3.8) is 0 Å². The molecule has 7 nitrogen and oxygen atoms in total. The number of hydrogen-bond donors (Lipinski definition) is 2. The number of fused-ring (bicyclic) bond motifs is 4. The van der Waals surface area contributed by atoms with Gasteiger partial charge in [-0.2, -0.15) is 0 Å². The molecule has 1 atom stereocenters. The minimum atomic E-state index is -0.629. The fourth-order valence-corrected chi connectivity index (χ4v) is 5.67. The molecule has 6 rings (SSSR count). The molecule has 1 unspecified atom stereocenters. The van der Waals surface area contributed by atoms with Crippen molar-refractivity contribution in [2.45, 2.75) is 38.5 Å². The summed E-state index contributed by atoms with van der Waals surface area (Å²) in [5.74, 6) is -0.0708. The number of amides is 2. The summed E-state index contributed by atoms with van der Waals surface area (Å²) in [7, 11) is 0. The van der Waals surface area contributed by atoms with Crippen LogP contribution in [0.4, 0.5) is 16.2 Å². The van der Waals surface area contributed by atoms with E-state index in [-0.39, 0.29) is 18.0 Å². The number of piperidine rings is 1. The average Bonchev–Trinajstić information content (AvgIpc) is 3.16. The van der Waals surface area contributed by atoms with Gasteiger partial charge in [-0.3, -0.25) is 14.6 Å². The van der Waals surface area contributed by atoms with E-state index in [0.717, 1.165) is 70.7 Å². The molecule has 1 fully saturated rings. The van der Waals surface area contributed by atoms with Gasteiger partial charge >= 0.3 is 6.09 Å². The molecule has 0 spiro atoms. The number of carbonyl (C=O) groups excluding carboxylic acids is 2. The molecule has 3 aromatic carbocycles. The minimum absolute atomic E-state index is 0.0564. The van der Waals surface area contributed by atoms with Crippen molar-refractivity contribution in [1.29, 1.82) is 0 Å². The van der Waals surface area contributed by atoms with Crippen LogP contribution in [0.3, 0.4) is 0 Å². The standard InChI is InChI=1S/C29H29N3O4/c1-18-6-7-19-17-36-29(35)32(26(19)14-18)21-10-12-31(13-11-21)16-27(33)30-20-8-9-24-25(15-20)22-4-2-3-5-23(22)28(24)34/h2-9,14-15,21,28,34H,10-13,16-17H2,1H3,(H,30,33). The van der Waals surface area contributed by atoms with Gasteiger partial charge in [0.05, 0.1) is 12.2 Å². The maximum Gasteiger partial charge on any atom is 0.414 e. The monoisotopic (exact) mass is 483 g/mol. The first-order valence-electron chi connectivity index (χ1n) is 12.5. The number of rotatable bonds is 4. The van der Waals surface area contributed by atoms with E-state index in [9.17, 15) is 14.7 Å². The summed E-state index contributed by atoms with van der Waals surface area (Å²) in [6.07, 6.45) is 0.648. The largest absolute Gasteiger partial charge is 0.444 e. The molecule has 2 N–H and O–H groups in total. The molecule has 0 bridgehead atoms. The number of aliphatic hydroxyl groups is 1. The third-order valence-electron chi connectivity index (χ3n) is 7.51. The Morgan fingerprint density at radius 1 is 1.03 bits per heavy atom. The molecule has 36 heavy (non-hydrogen) atoms. The van der Waals surface area contributed by atoms with Gasteiger partial charge in [-0.05, 0) is 65.8 Å². The molecular formula is C29H29N3O4. The van der Waals surface area contributed by atoms with Crippen LogP contribution in [0.5, 0.6) is 0 Å². The van der Waals surface area contributed by atoms with Crippen LogP contribution in [0.2, 0.25) is 0 Å². The van der Waals surface area contributed by atoms with Gasteiger partial charge in [0.15, 0.2) is 0 Å². The summed E-state index contributed by atoms with van der Waals surface area (Å²) in [5, 5.41) is 13.6. The van der Waals surface area contributed by atoms with Gasteiger partial charge in [0, 0.05) is 30.4 Å². The third-order valence-corrected chi connectivity index (χ3v) is 7.51. The zero-order valence-corrected chi connectivity index (χ0v) is 20.2. The van der Waals surface area contributed by atoms with Gasteiger partial charge in [0.2, 0.25) is 5.91 Å². The Bertz CT molecular complexity index is 1350. The van der Waals surface area contributed by atoms with Gasteiger partial charge in [-0.25, -0.2) is 4.79 Å². The number of benzene rings is 3. The van der Waals surface area contributed by atoms with Crippen LogP contribution < -0.4 is 10.2 Å². The molecular weight excluding hydrogens is 454 g/mol. The van der Waals surface area contributed by atoms with Gasteiger partial charge in [-0.1, -0.05) is 42.5 Å². The second-order valence-electron chi connectivity index (χ2n) is 9.90. The molecule has 0 aromatic heterocycles. The van der Waals surface area contributed by atoms with Crippen molar-refractivity contribution in [2.24, 2.45) is 0 Å². The highest BCUT2D eigenvalue weighted by Gasteiger charge is 2.34. The average molecular weight is 484 g/mol. The maximum absolute atomic E-state index is 12.8. The zero-order chi connectivity index (χ0) is 24.8. The Labute approximate surface area is 210 Å². The van der Waals surface area contributed by atoms with Crippen molar-refractivity contribution in [1.82, 2.24) is 4.90 Å². The van der Waals surface area contributed by atoms with Crippen LogP contribution in [0.15, 0.2) is 60.7 Å². The maximum atomic E-state index is 12.8. The van der Waals surface area contributed by atoms with Gasteiger partial charge in [-0.15, -0.1) is 0 Å². The fourth-order valence-electron chi connectivity index (χ4n) is 5.67. The zero-order valence-electron chi connectivity index (χ0n) is 20.2. The highest BCUT2D eigenvalue weighted by atomic mass is 16.6.